The van der Waals surface area contributed by atoms with Gasteiger partial charge in [-0.1, -0.05) is 59.4 Å². The molecule has 0 spiro atoms. The zero-order valence-corrected chi connectivity index (χ0v) is 14.7. The van der Waals surface area contributed by atoms with Crippen molar-refractivity contribution in [3.63, 3.8) is 0 Å². The third-order valence-corrected chi connectivity index (χ3v) is 4.47. The van der Waals surface area contributed by atoms with E-state index in [0.717, 1.165) is 11.1 Å². The lowest BCUT2D eigenvalue weighted by molar-refractivity contribution is -0.118. The van der Waals surface area contributed by atoms with Gasteiger partial charge in [0.1, 0.15) is 5.75 Å². The van der Waals surface area contributed by atoms with E-state index in [0.29, 0.717) is 21.7 Å². The van der Waals surface area contributed by atoms with Gasteiger partial charge in [0.2, 0.25) is 10.1 Å². The number of nitrogens with zero attached hydrogens (tertiary/aromatic N) is 4. The molecule has 4 rings (SSSR count). The molecule has 2 heterocycles. The molecule has 26 heavy (non-hydrogen) atoms. The van der Waals surface area contributed by atoms with Crippen molar-refractivity contribution in [3.05, 3.63) is 60.2 Å². The van der Waals surface area contributed by atoms with Crippen molar-refractivity contribution in [1.82, 2.24) is 19.8 Å². The predicted octanol–water partition coefficient (Wildman–Crippen LogP) is 3.18. The Morgan fingerprint density at radius 1 is 1.12 bits per heavy atom. The molecule has 0 aliphatic heterocycles. The Bertz CT molecular complexity index is 1040. The van der Waals surface area contributed by atoms with Crippen LogP contribution in [0.4, 0.5) is 5.13 Å². The fraction of sp³-hybridized carbons (Fsp3) is 0.111. The molecule has 130 valence electrons. The van der Waals surface area contributed by atoms with Crippen molar-refractivity contribution in [2.75, 3.05) is 11.9 Å². The molecule has 0 bridgehead atoms. The lowest BCUT2D eigenvalue weighted by Crippen LogP contribution is -2.20. The third kappa shape index (κ3) is 3.40. The monoisotopic (exact) mass is 365 g/mol. The van der Waals surface area contributed by atoms with E-state index in [2.05, 4.69) is 20.6 Å². The molecule has 1 N–H and O–H groups in total. The lowest BCUT2D eigenvalue weighted by Gasteiger charge is -2.05. The summed E-state index contributed by atoms with van der Waals surface area (Å²) in [4.78, 5) is 12.7. The summed E-state index contributed by atoms with van der Waals surface area (Å²) < 4.78 is 7.10. The van der Waals surface area contributed by atoms with Crippen LogP contribution in [0.3, 0.4) is 0 Å². The first-order valence-corrected chi connectivity index (χ1v) is 8.78. The number of fused-ring (bicyclic) bond motifs is 1. The molecular formula is C18H15N5O2S. The highest BCUT2D eigenvalue weighted by molar-refractivity contribution is 7.20. The quantitative estimate of drug-likeness (QED) is 0.587. The number of anilines is 1. The molecule has 0 saturated heterocycles. The fourth-order valence-electron chi connectivity index (χ4n) is 2.37. The minimum Gasteiger partial charge on any atom is -0.484 e. The number of carbonyl (C=O) groups is 1. The van der Waals surface area contributed by atoms with Gasteiger partial charge in [-0.05, 0) is 19.1 Å². The van der Waals surface area contributed by atoms with Gasteiger partial charge in [0.25, 0.3) is 5.91 Å². The van der Waals surface area contributed by atoms with Crippen LogP contribution < -0.4 is 10.1 Å². The maximum Gasteiger partial charge on any atom is 0.264 e. The average Bonchev–Trinajstić information content (AvgIpc) is 3.22. The summed E-state index contributed by atoms with van der Waals surface area (Å²) >= 11 is 1.26. The number of aryl methyl sites for hydroxylation is 1. The Hall–Kier alpha value is -3.26. The zero-order valence-electron chi connectivity index (χ0n) is 13.9. The summed E-state index contributed by atoms with van der Waals surface area (Å²) in [5.41, 5.74) is 2.04. The third-order valence-electron chi connectivity index (χ3n) is 3.66. The number of benzene rings is 2. The van der Waals surface area contributed by atoms with Crippen LogP contribution in [0, 0.1) is 6.92 Å². The van der Waals surface area contributed by atoms with Crippen LogP contribution in [-0.4, -0.2) is 32.3 Å². The van der Waals surface area contributed by atoms with Crippen molar-refractivity contribution in [2.45, 2.75) is 6.92 Å². The summed E-state index contributed by atoms with van der Waals surface area (Å²) in [6.45, 7) is 1.91. The van der Waals surface area contributed by atoms with Gasteiger partial charge in [-0.25, -0.2) is 0 Å². The van der Waals surface area contributed by atoms with E-state index in [4.69, 9.17) is 4.74 Å². The first-order chi connectivity index (χ1) is 12.7. The molecule has 2 aromatic heterocycles. The lowest BCUT2D eigenvalue weighted by atomic mass is 10.2. The second-order valence-corrected chi connectivity index (χ2v) is 6.60. The highest BCUT2D eigenvalue weighted by Crippen LogP contribution is 2.23. The van der Waals surface area contributed by atoms with Crippen LogP contribution in [0.15, 0.2) is 54.6 Å². The van der Waals surface area contributed by atoms with Gasteiger partial charge in [-0.2, -0.15) is 4.52 Å². The van der Waals surface area contributed by atoms with Gasteiger partial charge in [0, 0.05) is 5.56 Å². The van der Waals surface area contributed by atoms with Crippen molar-refractivity contribution >= 4 is 27.3 Å². The minimum absolute atomic E-state index is 0.0885. The molecule has 0 saturated carbocycles. The van der Waals surface area contributed by atoms with E-state index < -0.39 is 0 Å². The molecule has 0 radical (unpaired) electrons. The number of carbonyl (C=O) groups excluding carboxylic acids is 1. The van der Waals surface area contributed by atoms with E-state index in [1.165, 1.54) is 11.3 Å². The van der Waals surface area contributed by atoms with Crippen LogP contribution in [0.5, 0.6) is 5.75 Å². The summed E-state index contributed by atoms with van der Waals surface area (Å²) in [6, 6.07) is 17.2. The molecule has 0 atom stereocenters. The highest BCUT2D eigenvalue weighted by atomic mass is 32.1. The van der Waals surface area contributed by atoms with Crippen molar-refractivity contribution in [2.24, 2.45) is 0 Å². The van der Waals surface area contributed by atoms with Gasteiger partial charge >= 0.3 is 0 Å². The first-order valence-electron chi connectivity index (χ1n) is 7.96. The molecule has 0 aliphatic carbocycles. The topological polar surface area (TPSA) is 81.4 Å². The fourth-order valence-corrected chi connectivity index (χ4v) is 3.13. The normalized spacial score (nSPS) is 10.8. The van der Waals surface area contributed by atoms with Crippen LogP contribution in [-0.2, 0) is 4.79 Å². The number of ether oxygens (including phenoxy) is 1. The molecule has 8 heteroatoms. The molecule has 4 aromatic rings. The van der Waals surface area contributed by atoms with E-state index >= 15 is 0 Å². The molecule has 1 amide bonds. The largest absolute Gasteiger partial charge is 0.484 e. The molecule has 0 aliphatic rings. The van der Waals surface area contributed by atoms with Crippen LogP contribution in [0.25, 0.3) is 16.3 Å². The SMILES string of the molecule is Cc1ccc(OCC(=O)Nc2nn3c(-c4ccccc4)nnc3s2)cc1. The maximum absolute atomic E-state index is 12.1. The standard InChI is InChI=1S/C18H15N5O2S/c1-12-7-9-14(10-8-12)25-11-15(24)19-17-22-23-16(20-21-18(23)26-17)13-5-3-2-4-6-13/h2-10H,11H2,1H3,(H,19,22,24). The van der Waals surface area contributed by atoms with Gasteiger partial charge in [-0.3, -0.25) is 10.1 Å². The van der Waals surface area contributed by atoms with E-state index in [9.17, 15) is 4.79 Å². The molecular weight excluding hydrogens is 350 g/mol. The van der Waals surface area contributed by atoms with Crippen molar-refractivity contribution in [1.29, 1.82) is 0 Å². The Labute approximate surface area is 153 Å². The van der Waals surface area contributed by atoms with Crippen LogP contribution in [0.2, 0.25) is 0 Å². The second-order valence-electron chi connectivity index (χ2n) is 5.64. The van der Waals surface area contributed by atoms with Crippen molar-refractivity contribution in [3.8, 4) is 17.1 Å². The number of hydrogen-bond donors (Lipinski definition) is 1. The first kappa shape index (κ1) is 16.2. The zero-order chi connectivity index (χ0) is 17.9. The van der Waals surface area contributed by atoms with Gasteiger partial charge in [0.05, 0.1) is 0 Å². The number of aromatic nitrogens is 4. The van der Waals surface area contributed by atoms with E-state index in [-0.39, 0.29) is 12.5 Å². The summed E-state index contributed by atoms with van der Waals surface area (Å²) in [5.74, 6) is 1.00. The predicted molar refractivity (Wildman–Crippen MR) is 99.4 cm³/mol. The van der Waals surface area contributed by atoms with E-state index in [1.807, 2.05) is 61.5 Å². The van der Waals surface area contributed by atoms with Crippen LogP contribution in [0.1, 0.15) is 5.56 Å². The molecule has 0 fully saturated rings. The van der Waals surface area contributed by atoms with Gasteiger partial charge in [-0.15, -0.1) is 15.3 Å². The highest BCUT2D eigenvalue weighted by Gasteiger charge is 2.14. The van der Waals surface area contributed by atoms with Gasteiger partial charge < -0.3 is 4.74 Å². The number of hydrogen-bond acceptors (Lipinski definition) is 6. The number of rotatable bonds is 5. The number of amides is 1. The van der Waals surface area contributed by atoms with E-state index in [1.54, 1.807) is 4.52 Å². The minimum atomic E-state index is -0.281. The Balaban J connectivity index is 1.45. The molecule has 0 unspecified atom stereocenters. The molecule has 2 aromatic carbocycles. The maximum atomic E-state index is 12.1. The smallest absolute Gasteiger partial charge is 0.264 e. The summed E-state index contributed by atoms with van der Waals surface area (Å²) in [5, 5.41) is 15.8. The van der Waals surface area contributed by atoms with Gasteiger partial charge in [0.15, 0.2) is 12.4 Å². The Morgan fingerprint density at radius 3 is 2.65 bits per heavy atom. The number of nitrogens with one attached hydrogen (secondary N) is 1. The summed E-state index contributed by atoms with van der Waals surface area (Å²) in [7, 11) is 0. The second kappa shape index (κ2) is 6.93. The summed E-state index contributed by atoms with van der Waals surface area (Å²) in [6.07, 6.45) is 0. The van der Waals surface area contributed by atoms with Crippen LogP contribution >= 0.6 is 11.3 Å². The Morgan fingerprint density at radius 2 is 1.88 bits per heavy atom. The molecule has 7 nitrogen and oxygen atoms in total. The van der Waals surface area contributed by atoms with Crippen molar-refractivity contribution < 1.29 is 9.53 Å². The Kier molecular flexibility index (Phi) is 4.32. The average molecular weight is 365 g/mol.